The largest absolute Gasteiger partial charge is 0.383 e. The van der Waals surface area contributed by atoms with Crippen LogP contribution in [0.5, 0.6) is 0 Å². The van der Waals surface area contributed by atoms with Crippen molar-refractivity contribution in [3.8, 4) is 17.2 Å². The summed E-state index contributed by atoms with van der Waals surface area (Å²) in [5, 5.41) is 10.4. The number of nitriles is 1. The van der Waals surface area contributed by atoms with Gasteiger partial charge in [0.15, 0.2) is 0 Å². The van der Waals surface area contributed by atoms with E-state index in [-0.39, 0.29) is 5.82 Å². The molecule has 0 aliphatic heterocycles. The summed E-state index contributed by atoms with van der Waals surface area (Å²) in [6.45, 7) is 3.99. The van der Waals surface area contributed by atoms with Crippen molar-refractivity contribution in [1.82, 2.24) is 4.98 Å². The molecule has 0 bridgehead atoms. The SMILES string of the molecule is CCCc1c(C)nc(N)c(C#N)c1-c1ccc(Cl)c(Cl)c1. The van der Waals surface area contributed by atoms with Crippen LogP contribution in [0.3, 0.4) is 0 Å². The Morgan fingerprint density at radius 1 is 1.29 bits per heavy atom. The number of halogens is 2. The number of pyridine rings is 1. The van der Waals surface area contributed by atoms with Crippen LogP contribution < -0.4 is 5.73 Å². The summed E-state index contributed by atoms with van der Waals surface area (Å²) in [6, 6.07) is 7.49. The number of aromatic nitrogens is 1. The first-order chi connectivity index (χ1) is 9.99. The smallest absolute Gasteiger partial charge is 0.142 e. The second-order valence-corrected chi connectivity index (χ2v) is 5.62. The molecule has 0 aliphatic carbocycles. The summed E-state index contributed by atoms with van der Waals surface area (Å²) in [7, 11) is 0. The Hall–Kier alpha value is -1.76. The third-order valence-corrected chi connectivity index (χ3v) is 4.09. The number of hydrogen-bond donors (Lipinski definition) is 1. The van der Waals surface area contributed by atoms with Crippen molar-refractivity contribution in [2.24, 2.45) is 0 Å². The fraction of sp³-hybridized carbons (Fsp3) is 0.250. The molecule has 0 unspecified atom stereocenters. The first-order valence-corrected chi connectivity index (χ1v) is 7.39. The number of benzene rings is 1. The molecule has 108 valence electrons. The minimum Gasteiger partial charge on any atom is -0.383 e. The molecule has 2 N–H and O–H groups in total. The van der Waals surface area contributed by atoms with E-state index in [9.17, 15) is 5.26 Å². The lowest BCUT2D eigenvalue weighted by Gasteiger charge is -2.15. The van der Waals surface area contributed by atoms with Crippen LogP contribution in [0.1, 0.15) is 30.2 Å². The molecule has 2 rings (SSSR count). The lowest BCUT2D eigenvalue weighted by atomic mass is 9.92. The van der Waals surface area contributed by atoms with Gasteiger partial charge in [0.1, 0.15) is 17.5 Å². The van der Waals surface area contributed by atoms with Crippen LogP contribution in [0.4, 0.5) is 5.82 Å². The van der Waals surface area contributed by atoms with Gasteiger partial charge < -0.3 is 5.73 Å². The Balaban J connectivity index is 2.81. The van der Waals surface area contributed by atoms with E-state index in [1.165, 1.54) is 0 Å². The normalized spacial score (nSPS) is 10.4. The number of nitrogens with two attached hydrogens (primary N) is 1. The topological polar surface area (TPSA) is 62.7 Å². The number of anilines is 1. The maximum Gasteiger partial charge on any atom is 0.142 e. The summed E-state index contributed by atoms with van der Waals surface area (Å²) in [5.41, 5.74) is 9.82. The van der Waals surface area contributed by atoms with Crippen molar-refractivity contribution in [2.45, 2.75) is 26.7 Å². The number of rotatable bonds is 3. The summed E-state index contributed by atoms with van der Waals surface area (Å²) in [6.07, 6.45) is 1.77. The van der Waals surface area contributed by atoms with Crippen LogP contribution in [0.25, 0.3) is 11.1 Å². The van der Waals surface area contributed by atoms with Gasteiger partial charge in [0.2, 0.25) is 0 Å². The molecule has 0 radical (unpaired) electrons. The van der Waals surface area contributed by atoms with E-state index in [0.29, 0.717) is 15.6 Å². The van der Waals surface area contributed by atoms with Crippen molar-refractivity contribution in [3.63, 3.8) is 0 Å². The average molecular weight is 320 g/mol. The Labute approximate surface area is 134 Å². The van der Waals surface area contributed by atoms with Crippen LogP contribution in [0.2, 0.25) is 10.0 Å². The Bertz CT molecular complexity index is 733. The highest BCUT2D eigenvalue weighted by Gasteiger charge is 2.18. The number of nitrogens with zero attached hydrogens (tertiary/aromatic N) is 2. The molecular weight excluding hydrogens is 305 g/mol. The molecule has 5 heteroatoms. The molecule has 2 aromatic rings. The van der Waals surface area contributed by atoms with E-state index < -0.39 is 0 Å². The highest BCUT2D eigenvalue weighted by atomic mass is 35.5. The van der Waals surface area contributed by atoms with Crippen LogP contribution in [-0.4, -0.2) is 4.98 Å². The average Bonchev–Trinajstić information content (AvgIpc) is 2.44. The second kappa shape index (κ2) is 6.34. The molecule has 3 nitrogen and oxygen atoms in total. The van der Waals surface area contributed by atoms with Gasteiger partial charge in [0, 0.05) is 11.3 Å². The number of nitrogen functional groups attached to an aromatic ring is 1. The standard InChI is InChI=1S/C16H15Cl2N3/c1-3-4-11-9(2)21-16(20)12(8-19)15(11)10-5-6-13(17)14(18)7-10/h5-7H,3-4H2,1-2H3,(H2,20,21). The van der Waals surface area contributed by atoms with Crippen molar-refractivity contribution < 1.29 is 0 Å². The fourth-order valence-electron chi connectivity index (χ4n) is 2.40. The quantitative estimate of drug-likeness (QED) is 0.886. The van der Waals surface area contributed by atoms with E-state index in [1.54, 1.807) is 12.1 Å². The molecule has 0 fully saturated rings. The molecule has 0 atom stereocenters. The Morgan fingerprint density at radius 3 is 2.57 bits per heavy atom. The van der Waals surface area contributed by atoms with Gasteiger partial charge in [-0.3, -0.25) is 0 Å². The zero-order valence-electron chi connectivity index (χ0n) is 11.9. The van der Waals surface area contributed by atoms with E-state index >= 15 is 0 Å². The van der Waals surface area contributed by atoms with Crippen molar-refractivity contribution in [1.29, 1.82) is 5.26 Å². The predicted molar refractivity (Wildman–Crippen MR) is 87.6 cm³/mol. The molecule has 0 saturated heterocycles. The zero-order chi connectivity index (χ0) is 15.6. The van der Waals surface area contributed by atoms with Crippen LogP contribution >= 0.6 is 23.2 Å². The summed E-state index contributed by atoms with van der Waals surface area (Å²) < 4.78 is 0. The highest BCUT2D eigenvalue weighted by Crippen LogP contribution is 2.35. The van der Waals surface area contributed by atoms with Crippen LogP contribution in [0.15, 0.2) is 18.2 Å². The summed E-state index contributed by atoms with van der Waals surface area (Å²) >= 11 is 12.1. The van der Waals surface area contributed by atoms with Crippen molar-refractivity contribution in [3.05, 3.63) is 45.1 Å². The highest BCUT2D eigenvalue weighted by molar-refractivity contribution is 6.42. The van der Waals surface area contributed by atoms with Gasteiger partial charge in [0.25, 0.3) is 0 Å². The molecule has 0 aliphatic rings. The van der Waals surface area contributed by atoms with E-state index in [4.69, 9.17) is 28.9 Å². The molecule has 1 aromatic heterocycles. The lowest BCUT2D eigenvalue weighted by Crippen LogP contribution is -2.05. The Morgan fingerprint density at radius 2 is 2.00 bits per heavy atom. The first-order valence-electron chi connectivity index (χ1n) is 6.64. The van der Waals surface area contributed by atoms with Crippen LogP contribution in [-0.2, 0) is 6.42 Å². The monoisotopic (exact) mass is 319 g/mol. The molecule has 0 amide bonds. The van der Waals surface area contributed by atoms with E-state index in [1.807, 2.05) is 13.0 Å². The third kappa shape index (κ3) is 2.97. The van der Waals surface area contributed by atoms with Gasteiger partial charge >= 0.3 is 0 Å². The van der Waals surface area contributed by atoms with Gasteiger partial charge in [-0.05, 0) is 36.6 Å². The predicted octanol–water partition coefficient (Wildman–Crippen LogP) is 4.77. The lowest BCUT2D eigenvalue weighted by molar-refractivity contribution is 0.901. The minimum absolute atomic E-state index is 0.246. The van der Waals surface area contributed by atoms with E-state index in [0.717, 1.165) is 35.2 Å². The first kappa shape index (κ1) is 15.6. The van der Waals surface area contributed by atoms with Gasteiger partial charge in [0.05, 0.1) is 10.0 Å². The second-order valence-electron chi connectivity index (χ2n) is 4.80. The number of hydrogen-bond acceptors (Lipinski definition) is 3. The third-order valence-electron chi connectivity index (χ3n) is 3.35. The van der Waals surface area contributed by atoms with Gasteiger partial charge in [-0.25, -0.2) is 4.98 Å². The van der Waals surface area contributed by atoms with Gasteiger partial charge in [-0.15, -0.1) is 0 Å². The molecule has 1 heterocycles. The molecule has 0 saturated carbocycles. The molecule has 21 heavy (non-hydrogen) atoms. The molecule has 1 aromatic carbocycles. The minimum atomic E-state index is 0.246. The van der Waals surface area contributed by atoms with Gasteiger partial charge in [-0.2, -0.15) is 5.26 Å². The van der Waals surface area contributed by atoms with Crippen molar-refractivity contribution in [2.75, 3.05) is 5.73 Å². The maximum atomic E-state index is 9.44. The van der Waals surface area contributed by atoms with E-state index in [2.05, 4.69) is 18.0 Å². The zero-order valence-corrected chi connectivity index (χ0v) is 13.4. The summed E-state index contributed by atoms with van der Waals surface area (Å²) in [5.74, 6) is 0.246. The Kier molecular flexibility index (Phi) is 4.72. The summed E-state index contributed by atoms with van der Waals surface area (Å²) in [4.78, 5) is 4.29. The molecule has 0 spiro atoms. The van der Waals surface area contributed by atoms with Crippen LogP contribution in [0, 0.1) is 18.3 Å². The maximum absolute atomic E-state index is 9.44. The number of aryl methyl sites for hydroxylation is 1. The van der Waals surface area contributed by atoms with Gasteiger partial charge in [-0.1, -0.05) is 42.6 Å². The molecular formula is C16H15Cl2N3. The fourth-order valence-corrected chi connectivity index (χ4v) is 2.70. The van der Waals surface area contributed by atoms with Crippen molar-refractivity contribution >= 4 is 29.0 Å².